The summed E-state index contributed by atoms with van der Waals surface area (Å²) in [4.78, 5) is 38.4. The monoisotopic (exact) mass is 524 g/mol. The van der Waals surface area contributed by atoms with E-state index in [1.54, 1.807) is 13.0 Å². The van der Waals surface area contributed by atoms with E-state index < -0.39 is 5.97 Å². The Morgan fingerprint density at radius 3 is 2.21 bits per heavy atom. The first-order valence-corrected chi connectivity index (χ1v) is 12.4. The van der Waals surface area contributed by atoms with Crippen molar-refractivity contribution < 1.29 is 19.5 Å². The molecule has 0 saturated carbocycles. The van der Waals surface area contributed by atoms with Crippen LogP contribution < -0.4 is 0 Å². The van der Waals surface area contributed by atoms with Crippen LogP contribution in [0.25, 0.3) is 10.8 Å². The largest absolute Gasteiger partial charge is 0.478 e. The predicted molar refractivity (Wildman–Crippen MR) is 158 cm³/mol. The van der Waals surface area contributed by atoms with E-state index in [-0.39, 0.29) is 5.57 Å². The molecule has 0 amide bonds. The lowest BCUT2D eigenvalue weighted by Crippen LogP contribution is -2.54. The van der Waals surface area contributed by atoms with Gasteiger partial charge in [0.2, 0.25) is 0 Å². The van der Waals surface area contributed by atoms with Crippen LogP contribution in [-0.2, 0) is 14.4 Å². The summed E-state index contributed by atoms with van der Waals surface area (Å²) in [5.41, 5.74) is 2.63. The second-order valence-electron chi connectivity index (χ2n) is 9.32. The molecule has 1 saturated heterocycles. The number of carboxylic acids is 1. The number of carbonyl (C=O) groups excluding carboxylic acids is 2. The van der Waals surface area contributed by atoms with Crippen LogP contribution in [0.15, 0.2) is 70.5 Å². The Morgan fingerprint density at radius 1 is 1.08 bits per heavy atom. The number of piperazine rings is 1. The quantitative estimate of drug-likeness (QED) is 0.445. The van der Waals surface area contributed by atoms with Gasteiger partial charge >= 0.3 is 5.97 Å². The molecule has 2 aromatic carbocycles. The van der Waals surface area contributed by atoms with Crippen LogP contribution in [0.2, 0.25) is 0 Å². The number of aliphatic carboxylic acids is 1. The Bertz CT molecular complexity index is 1090. The molecule has 0 spiro atoms. The van der Waals surface area contributed by atoms with Crippen molar-refractivity contribution in [2.24, 2.45) is 4.99 Å². The zero-order valence-corrected chi connectivity index (χ0v) is 24.0. The molecule has 208 valence electrons. The van der Waals surface area contributed by atoms with Gasteiger partial charge in [0, 0.05) is 38.4 Å². The molecule has 8 nitrogen and oxygen atoms in total. The third-order valence-corrected chi connectivity index (χ3v) is 5.89. The number of benzene rings is 2. The zero-order chi connectivity index (χ0) is 29.3. The van der Waals surface area contributed by atoms with Crippen molar-refractivity contribution in [2.45, 2.75) is 33.7 Å². The number of likely N-dealkylation sites (N-methyl/N-ethyl adjacent to an activating group) is 2. The average molecular weight is 525 g/mol. The van der Waals surface area contributed by atoms with E-state index >= 15 is 0 Å². The highest BCUT2D eigenvalue weighted by molar-refractivity contribution is 6.08. The molecule has 1 heterocycles. The fraction of sp³-hybridized carbons (Fsp3) is 0.400. The molecular formula is C30H44N4O4. The lowest BCUT2D eigenvalue weighted by molar-refractivity contribution is -0.132. The first-order valence-electron chi connectivity index (χ1n) is 12.4. The number of allylic oxidation sites excluding steroid dienone is 2. The number of aryl methyl sites for hydroxylation is 1. The second-order valence-corrected chi connectivity index (χ2v) is 9.32. The highest BCUT2D eigenvalue weighted by atomic mass is 16.4. The van der Waals surface area contributed by atoms with Crippen LogP contribution in [0.5, 0.6) is 0 Å². The zero-order valence-electron chi connectivity index (χ0n) is 24.0. The van der Waals surface area contributed by atoms with Gasteiger partial charge in [-0.2, -0.15) is 0 Å². The second kappa shape index (κ2) is 18.6. The van der Waals surface area contributed by atoms with Gasteiger partial charge in [-0.25, -0.2) is 9.79 Å². The summed E-state index contributed by atoms with van der Waals surface area (Å²) in [6.45, 7) is 15.6. The number of rotatable bonds is 6. The first-order chi connectivity index (χ1) is 18.1. The summed E-state index contributed by atoms with van der Waals surface area (Å²) in [6, 6.07) is 15.3. The molecule has 1 aliphatic rings. The summed E-state index contributed by atoms with van der Waals surface area (Å²) >= 11 is 0. The third-order valence-electron chi connectivity index (χ3n) is 5.89. The summed E-state index contributed by atoms with van der Waals surface area (Å²) < 4.78 is 0. The molecule has 2 aromatic rings. The molecule has 1 aliphatic heterocycles. The van der Waals surface area contributed by atoms with Gasteiger partial charge in [-0.1, -0.05) is 54.1 Å². The summed E-state index contributed by atoms with van der Waals surface area (Å²) in [6.07, 6.45) is 3.01. The molecular weight excluding hydrogens is 480 g/mol. The van der Waals surface area contributed by atoms with Gasteiger partial charge < -0.3 is 24.5 Å². The van der Waals surface area contributed by atoms with Crippen LogP contribution in [0.4, 0.5) is 0 Å². The van der Waals surface area contributed by atoms with E-state index in [9.17, 15) is 4.79 Å². The summed E-state index contributed by atoms with van der Waals surface area (Å²) in [5, 5.41) is 11.8. The van der Waals surface area contributed by atoms with Crippen molar-refractivity contribution in [3.63, 3.8) is 0 Å². The predicted octanol–water partition coefficient (Wildman–Crippen LogP) is 4.30. The fourth-order valence-corrected chi connectivity index (χ4v) is 3.98. The SMILES string of the molecule is C/C=C(\C=N/C(=C(C)C)N1CCN(C)C(CN(C)C)C1)C(=O)O.C=O.C=O.Cc1ccc2ccccc2c1. The minimum atomic E-state index is -0.951. The molecule has 1 N–H and O–H groups in total. The Kier molecular flexibility index (Phi) is 16.8. The third kappa shape index (κ3) is 11.6. The number of carbonyl (C=O) groups is 3. The molecule has 1 atom stereocenters. The molecule has 1 fully saturated rings. The number of fused-ring (bicyclic) bond motifs is 1. The van der Waals surface area contributed by atoms with Crippen LogP contribution in [-0.4, -0.2) is 98.9 Å². The number of carboxylic acid groups (broad SMARTS) is 1. The van der Waals surface area contributed by atoms with Gasteiger partial charge in [0.1, 0.15) is 19.4 Å². The topological polar surface area (TPSA) is 93.5 Å². The number of nitrogens with zero attached hydrogens (tertiary/aromatic N) is 4. The van der Waals surface area contributed by atoms with Crippen molar-refractivity contribution >= 4 is 36.5 Å². The Balaban J connectivity index is 0.000000752. The molecule has 0 radical (unpaired) electrons. The molecule has 0 bridgehead atoms. The Hall–Kier alpha value is -3.62. The fourth-order valence-electron chi connectivity index (χ4n) is 3.98. The lowest BCUT2D eigenvalue weighted by Gasteiger charge is -2.41. The molecule has 1 unspecified atom stereocenters. The van der Waals surface area contributed by atoms with Gasteiger partial charge in [-0.05, 0) is 65.2 Å². The normalized spacial score (nSPS) is 15.5. The molecule has 0 aliphatic carbocycles. The molecule has 8 heteroatoms. The number of hydrogen-bond donors (Lipinski definition) is 1. The molecule has 3 rings (SSSR count). The van der Waals surface area contributed by atoms with Crippen molar-refractivity contribution in [3.8, 4) is 0 Å². The van der Waals surface area contributed by atoms with E-state index in [4.69, 9.17) is 14.7 Å². The van der Waals surface area contributed by atoms with Gasteiger partial charge in [0.25, 0.3) is 0 Å². The molecule has 38 heavy (non-hydrogen) atoms. The van der Waals surface area contributed by atoms with Crippen molar-refractivity contribution in [1.82, 2.24) is 14.7 Å². The van der Waals surface area contributed by atoms with Gasteiger partial charge in [-0.3, -0.25) is 4.90 Å². The van der Waals surface area contributed by atoms with Gasteiger partial charge in [-0.15, -0.1) is 0 Å². The van der Waals surface area contributed by atoms with E-state index in [1.807, 2.05) is 27.4 Å². The van der Waals surface area contributed by atoms with E-state index in [2.05, 4.69) is 90.2 Å². The minimum absolute atomic E-state index is 0.211. The number of aliphatic imine (C=N–C) groups is 1. The van der Waals surface area contributed by atoms with Gasteiger partial charge in [0.05, 0.1) is 5.57 Å². The Morgan fingerprint density at radius 2 is 1.68 bits per heavy atom. The van der Waals surface area contributed by atoms with Crippen molar-refractivity contribution in [2.75, 3.05) is 47.3 Å². The lowest BCUT2D eigenvalue weighted by atomic mass is 10.1. The number of hydrogen-bond acceptors (Lipinski definition) is 7. The maximum absolute atomic E-state index is 11.1. The van der Waals surface area contributed by atoms with Crippen LogP contribution >= 0.6 is 0 Å². The van der Waals surface area contributed by atoms with E-state index in [1.165, 1.54) is 22.6 Å². The van der Waals surface area contributed by atoms with Crippen LogP contribution in [0.3, 0.4) is 0 Å². The van der Waals surface area contributed by atoms with Crippen molar-refractivity contribution in [1.29, 1.82) is 0 Å². The average Bonchev–Trinajstić information content (AvgIpc) is 2.90. The van der Waals surface area contributed by atoms with E-state index in [0.29, 0.717) is 6.04 Å². The van der Waals surface area contributed by atoms with E-state index in [0.717, 1.165) is 37.6 Å². The highest BCUT2D eigenvalue weighted by Gasteiger charge is 2.26. The van der Waals surface area contributed by atoms with Crippen molar-refractivity contribution in [3.05, 3.63) is 71.1 Å². The summed E-state index contributed by atoms with van der Waals surface area (Å²) in [7, 11) is 6.31. The van der Waals surface area contributed by atoms with Crippen LogP contribution in [0, 0.1) is 6.92 Å². The minimum Gasteiger partial charge on any atom is -0.478 e. The van der Waals surface area contributed by atoms with Crippen LogP contribution in [0.1, 0.15) is 26.3 Å². The smallest absolute Gasteiger partial charge is 0.336 e. The Labute approximate surface area is 227 Å². The maximum Gasteiger partial charge on any atom is 0.336 e. The first kappa shape index (κ1) is 34.4. The van der Waals surface area contributed by atoms with Gasteiger partial charge in [0.15, 0.2) is 0 Å². The standard InChI is InChI=1S/C17H30N4O2.C11H10.2CH2O/c1-7-14(17(22)23)10-18-16(13(2)3)21-9-8-20(6)15(12-21)11-19(4)5;1-9-6-7-10-4-2-3-5-11(10)8-9;2*1-2/h7,10,15H,8-9,11-12H2,1-6H3,(H,22,23);2-8H,1H3;2*1H2/b14-7+,18-10-;;;. The maximum atomic E-state index is 11.1. The summed E-state index contributed by atoms with van der Waals surface area (Å²) in [5.74, 6) is -0.0734. The highest BCUT2D eigenvalue weighted by Crippen LogP contribution is 2.18. The molecule has 0 aromatic heterocycles.